The first-order valence-corrected chi connectivity index (χ1v) is 8.80. The van der Waals surface area contributed by atoms with E-state index in [9.17, 15) is 9.59 Å². The molecule has 2 aliphatic heterocycles. The second-order valence-corrected chi connectivity index (χ2v) is 6.85. The molecule has 0 aliphatic carbocycles. The van der Waals surface area contributed by atoms with Gasteiger partial charge in [0, 0.05) is 25.8 Å². The zero-order valence-corrected chi connectivity index (χ0v) is 14.5. The molecule has 4 rings (SSSR count). The molecule has 0 saturated carbocycles. The molecule has 2 aliphatic rings. The van der Waals surface area contributed by atoms with Crippen LogP contribution >= 0.6 is 11.6 Å². The van der Waals surface area contributed by atoms with Gasteiger partial charge in [-0.05, 0) is 18.9 Å². The smallest absolute Gasteiger partial charge is 0.274 e. The van der Waals surface area contributed by atoms with Crippen molar-refractivity contribution in [2.75, 3.05) is 19.6 Å². The van der Waals surface area contributed by atoms with E-state index < -0.39 is 0 Å². The largest absolute Gasteiger partial charge is 0.337 e. The number of likely N-dealkylation sites (tertiary alicyclic amines) is 1. The second-order valence-electron chi connectivity index (χ2n) is 6.41. The second kappa shape index (κ2) is 6.51. The summed E-state index contributed by atoms with van der Waals surface area (Å²) in [5.74, 6) is -0.0388. The standard InChI is InChI=1S/C16H19ClN6O2/c17-12-8-18-22(9-12)11-15(24)21-5-6-23-13(10-21)7-14(19-23)16(25)20-3-1-2-4-20/h7-9H,1-6,10-11H2. The third-order valence-electron chi connectivity index (χ3n) is 4.66. The summed E-state index contributed by atoms with van der Waals surface area (Å²) >= 11 is 5.83. The molecule has 1 saturated heterocycles. The van der Waals surface area contributed by atoms with E-state index in [2.05, 4.69) is 10.2 Å². The van der Waals surface area contributed by atoms with Crippen LogP contribution in [0, 0.1) is 0 Å². The van der Waals surface area contributed by atoms with Crippen LogP contribution in [-0.2, 0) is 24.4 Å². The Bertz CT molecular complexity index is 807. The molecule has 8 nitrogen and oxygen atoms in total. The zero-order chi connectivity index (χ0) is 17.4. The Morgan fingerprint density at radius 2 is 1.92 bits per heavy atom. The van der Waals surface area contributed by atoms with Crippen LogP contribution in [-0.4, -0.2) is 60.8 Å². The summed E-state index contributed by atoms with van der Waals surface area (Å²) in [7, 11) is 0. The number of rotatable bonds is 3. The number of carbonyl (C=O) groups is 2. The number of hydrogen-bond donors (Lipinski definition) is 0. The van der Waals surface area contributed by atoms with Crippen LogP contribution in [0.4, 0.5) is 0 Å². The summed E-state index contributed by atoms with van der Waals surface area (Å²) in [4.78, 5) is 28.5. The van der Waals surface area contributed by atoms with Crippen LogP contribution in [0.15, 0.2) is 18.5 Å². The maximum Gasteiger partial charge on any atom is 0.274 e. The number of fused-ring (bicyclic) bond motifs is 1. The number of hydrogen-bond acceptors (Lipinski definition) is 4. The summed E-state index contributed by atoms with van der Waals surface area (Å²) in [6.45, 7) is 3.37. The highest BCUT2D eigenvalue weighted by Crippen LogP contribution is 2.17. The van der Waals surface area contributed by atoms with Gasteiger partial charge in [-0.1, -0.05) is 11.6 Å². The Labute approximate surface area is 149 Å². The molecule has 0 N–H and O–H groups in total. The molecular formula is C16H19ClN6O2. The van der Waals surface area contributed by atoms with E-state index >= 15 is 0 Å². The Morgan fingerprint density at radius 3 is 2.64 bits per heavy atom. The lowest BCUT2D eigenvalue weighted by Crippen LogP contribution is -2.40. The average Bonchev–Trinajstić information content (AvgIpc) is 3.34. The SMILES string of the molecule is O=C(Cn1cc(Cl)cn1)N1CCn2nc(C(=O)N3CCCC3)cc2C1. The van der Waals surface area contributed by atoms with E-state index in [0.29, 0.717) is 30.4 Å². The fraction of sp³-hybridized carbons (Fsp3) is 0.500. The number of carbonyl (C=O) groups excluding carboxylic acids is 2. The van der Waals surface area contributed by atoms with Crippen LogP contribution in [0.25, 0.3) is 0 Å². The number of nitrogens with zero attached hydrogens (tertiary/aromatic N) is 6. The van der Waals surface area contributed by atoms with Crippen molar-refractivity contribution >= 4 is 23.4 Å². The van der Waals surface area contributed by atoms with Gasteiger partial charge in [0.05, 0.1) is 30.0 Å². The van der Waals surface area contributed by atoms with E-state index in [1.807, 2.05) is 15.6 Å². The number of aromatic nitrogens is 4. The molecule has 25 heavy (non-hydrogen) atoms. The van der Waals surface area contributed by atoms with Gasteiger partial charge in [0.2, 0.25) is 5.91 Å². The van der Waals surface area contributed by atoms with Crippen LogP contribution in [0.2, 0.25) is 5.02 Å². The van der Waals surface area contributed by atoms with Crippen molar-refractivity contribution in [1.29, 1.82) is 0 Å². The van der Waals surface area contributed by atoms with Crippen molar-refractivity contribution < 1.29 is 9.59 Å². The van der Waals surface area contributed by atoms with Crippen molar-refractivity contribution in [2.24, 2.45) is 0 Å². The molecule has 2 aromatic heterocycles. The normalized spacial score (nSPS) is 17.0. The fourth-order valence-corrected chi connectivity index (χ4v) is 3.49. The van der Waals surface area contributed by atoms with Crippen molar-refractivity contribution in [3.63, 3.8) is 0 Å². The first-order chi connectivity index (χ1) is 12.1. The van der Waals surface area contributed by atoms with Crippen LogP contribution < -0.4 is 0 Å². The Kier molecular flexibility index (Phi) is 4.20. The lowest BCUT2D eigenvalue weighted by molar-refractivity contribution is -0.133. The van der Waals surface area contributed by atoms with Crippen LogP contribution in [0.3, 0.4) is 0 Å². The predicted octanol–water partition coefficient (Wildman–Crippen LogP) is 1.01. The summed E-state index contributed by atoms with van der Waals surface area (Å²) in [5.41, 5.74) is 1.37. The number of amides is 2. The molecule has 0 atom stereocenters. The molecule has 0 unspecified atom stereocenters. The predicted molar refractivity (Wildman–Crippen MR) is 90.0 cm³/mol. The van der Waals surface area contributed by atoms with Gasteiger partial charge in [0.15, 0.2) is 5.69 Å². The van der Waals surface area contributed by atoms with Gasteiger partial charge < -0.3 is 9.80 Å². The molecule has 132 valence electrons. The maximum atomic E-state index is 12.5. The van der Waals surface area contributed by atoms with Crippen LogP contribution in [0.5, 0.6) is 0 Å². The van der Waals surface area contributed by atoms with Gasteiger partial charge in [0.25, 0.3) is 5.91 Å². The third kappa shape index (κ3) is 3.26. The van der Waals surface area contributed by atoms with E-state index in [0.717, 1.165) is 31.6 Å². The molecule has 4 heterocycles. The van der Waals surface area contributed by atoms with Gasteiger partial charge in [-0.2, -0.15) is 10.2 Å². The Hall–Kier alpha value is -2.35. The molecule has 1 fully saturated rings. The lowest BCUT2D eigenvalue weighted by atomic mass is 10.2. The molecule has 2 amide bonds. The molecular weight excluding hydrogens is 344 g/mol. The summed E-state index contributed by atoms with van der Waals surface area (Å²) in [5, 5.41) is 8.97. The van der Waals surface area contributed by atoms with Crippen molar-refractivity contribution in [3.05, 3.63) is 34.9 Å². The minimum absolute atomic E-state index is 0.0107. The van der Waals surface area contributed by atoms with Crippen LogP contribution in [0.1, 0.15) is 29.0 Å². The van der Waals surface area contributed by atoms with Crippen molar-refractivity contribution in [3.8, 4) is 0 Å². The first-order valence-electron chi connectivity index (χ1n) is 8.42. The lowest BCUT2D eigenvalue weighted by Gasteiger charge is -2.27. The van der Waals surface area contributed by atoms with Crippen molar-refractivity contribution in [2.45, 2.75) is 32.5 Å². The van der Waals surface area contributed by atoms with Gasteiger partial charge >= 0.3 is 0 Å². The van der Waals surface area contributed by atoms with Gasteiger partial charge in [-0.25, -0.2) is 0 Å². The molecule has 0 spiro atoms. The topological polar surface area (TPSA) is 76.3 Å². The summed E-state index contributed by atoms with van der Waals surface area (Å²) in [6.07, 6.45) is 5.24. The monoisotopic (exact) mass is 362 g/mol. The quantitative estimate of drug-likeness (QED) is 0.816. The van der Waals surface area contributed by atoms with Gasteiger partial charge in [-0.15, -0.1) is 0 Å². The minimum atomic E-state index is -0.0281. The fourth-order valence-electron chi connectivity index (χ4n) is 3.33. The van der Waals surface area contributed by atoms with E-state index in [1.165, 1.54) is 10.9 Å². The first kappa shape index (κ1) is 16.1. The Balaban J connectivity index is 1.44. The molecule has 0 radical (unpaired) electrons. The number of halogens is 1. The summed E-state index contributed by atoms with van der Waals surface area (Å²) in [6, 6.07) is 1.81. The zero-order valence-electron chi connectivity index (χ0n) is 13.8. The third-order valence-corrected chi connectivity index (χ3v) is 4.86. The molecule has 9 heteroatoms. The highest BCUT2D eigenvalue weighted by atomic mass is 35.5. The Morgan fingerprint density at radius 1 is 1.12 bits per heavy atom. The maximum absolute atomic E-state index is 12.5. The molecule has 0 aromatic carbocycles. The highest BCUT2D eigenvalue weighted by molar-refractivity contribution is 6.30. The van der Waals surface area contributed by atoms with Gasteiger partial charge in [-0.3, -0.25) is 19.0 Å². The minimum Gasteiger partial charge on any atom is -0.337 e. The van der Waals surface area contributed by atoms with E-state index in [-0.39, 0.29) is 18.4 Å². The van der Waals surface area contributed by atoms with Gasteiger partial charge in [0.1, 0.15) is 6.54 Å². The van der Waals surface area contributed by atoms with E-state index in [1.54, 1.807) is 11.1 Å². The molecule has 2 aromatic rings. The van der Waals surface area contributed by atoms with E-state index in [4.69, 9.17) is 11.6 Å². The average molecular weight is 363 g/mol. The molecule has 0 bridgehead atoms. The summed E-state index contributed by atoms with van der Waals surface area (Å²) < 4.78 is 3.36. The van der Waals surface area contributed by atoms with Crippen molar-refractivity contribution in [1.82, 2.24) is 29.4 Å². The highest BCUT2D eigenvalue weighted by Gasteiger charge is 2.27.